The van der Waals surface area contributed by atoms with Gasteiger partial charge in [0.15, 0.2) is 0 Å². The van der Waals surface area contributed by atoms with Gasteiger partial charge in [-0.2, -0.15) is 0 Å². The van der Waals surface area contributed by atoms with E-state index in [1.165, 1.54) is 0 Å². The molecule has 1 heterocycles. The quantitative estimate of drug-likeness (QED) is 0.691. The van der Waals surface area contributed by atoms with Gasteiger partial charge >= 0.3 is 5.97 Å². The number of pyridine rings is 1. The van der Waals surface area contributed by atoms with Gasteiger partial charge in [-0.15, -0.1) is 0 Å². The summed E-state index contributed by atoms with van der Waals surface area (Å²) in [7, 11) is 0. The molecule has 104 valence electrons. The van der Waals surface area contributed by atoms with Crippen molar-refractivity contribution in [3.05, 3.63) is 23.4 Å². The highest BCUT2D eigenvalue weighted by atomic mass is 16.4. The lowest BCUT2D eigenvalue weighted by molar-refractivity contribution is -0.137. The number of carboxylic acids is 1. The summed E-state index contributed by atoms with van der Waals surface area (Å²) in [6, 6.07) is 3.36. The first-order valence-electron chi connectivity index (χ1n) is 6.13. The number of hydrogen-bond donors (Lipinski definition) is 3. The minimum Gasteiger partial charge on any atom is -0.481 e. The summed E-state index contributed by atoms with van der Waals surface area (Å²) in [6.45, 7) is 4.31. The first-order valence-corrected chi connectivity index (χ1v) is 6.13. The van der Waals surface area contributed by atoms with E-state index in [9.17, 15) is 9.59 Å². The van der Waals surface area contributed by atoms with Crippen molar-refractivity contribution >= 4 is 17.7 Å². The topological polar surface area (TPSA) is 105 Å². The summed E-state index contributed by atoms with van der Waals surface area (Å²) >= 11 is 0. The molecule has 1 aromatic heterocycles. The minimum absolute atomic E-state index is 0.132. The van der Waals surface area contributed by atoms with Crippen LogP contribution in [0.2, 0.25) is 0 Å². The number of aliphatic carboxylic acids is 1. The predicted octanol–water partition coefficient (Wildman–Crippen LogP) is 1.40. The number of rotatable bonds is 7. The van der Waals surface area contributed by atoms with E-state index in [2.05, 4.69) is 10.3 Å². The van der Waals surface area contributed by atoms with Crippen LogP contribution in [-0.4, -0.2) is 28.5 Å². The molecule has 1 aromatic rings. The molecule has 0 saturated carbocycles. The molecule has 0 spiro atoms. The van der Waals surface area contributed by atoms with Crippen molar-refractivity contribution < 1.29 is 14.7 Å². The van der Waals surface area contributed by atoms with E-state index in [0.717, 1.165) is 5.69 Å². The molecule has 0 radical (unpaired) electrons. The third kappa shape index (κ3) is 4.95. The van der Waals surface area contributed by atoms with E-state index in [1.807, 2.05) is 13.8 Å². The standard InChI is InChI=1S/C13H19N3O3/c1-8(3-6-11(17)18)7-15-13-10(12(14)19)5-4-9(2)16-13/h4-5,8H,3,6-7H2,1-2H3,(H2,14,19)(H,15,16)(H,17,18). The smallest absolute Gasteiger partial charge is 0.303 e. The predicted molar refractivity (Wildman–Crippen MR) is 72.0 cm³/mol. The Labute approximate surface area is 112 Å². The van der Waals surface area contributed by atoms with Gasteiger partial charge in [-0.1, -0.05) is 6.92 Å². The van der Waals surface area contributed by atoms with Crippen LogP contribution in [0.1, 0.15) is 35.8 Å². The van der Waals surface area contributed by atoms with Crippen LogP contribution in [0.15, 0.2) is 12.1 Å². The summed E-state index contributed by atoms with van der Waals surface area (Å²) in [5.74, 6) is -0.722. The van der Waals surface area contributed by atoms with Gasteiger partial charge < -0.3 is 16.2 Å². The van der Waals surface area contributed by atoms with Crippen molar-refractivity contribution in [2.75, 3.05) is 11.9 Å². The van der Waals surface area contributed by atoms with Crippen LogP contribution >= 0.6 is 0 Å². The van der Waals surface area contributed by atoms with Gasteiger partial charge in [-0.3, -0.25) is 9.59 Å². The maximum absolute atomic E-state index is 11.3. The number of primary amides is 1. The van der Waals surface area contributed by atoms with Crippen molar-refractivity contribution in [2.45, 2.75) is 26.7 Å². The molecule has 0 aromatic carbocycles. The molecule has 1 unspecified atom stereocenters. The largest absolute Gasteiger partial charge is 0.481 e. The average Bonchev–Trinajstić information content (AvgIpc) is 2.33. The Morgan fingerprint density at radius 1 is 1.47 bits per heavy atom. The summed E-state index contributed by atoms with van der Waals surface area (Å²) in [4.78, 5) is 26.0. The Balaban J connectivity index is 2.63. The highest BCUT2D eigenvalue weighted by Crippen LogP contribution is 2.14. The molecule has 1 atom stereocenters. The molecule has 4 N–H and O–H groups in total. The molecule has 0 aliphatic heterocycles. The van der Waals surface area contributed by atoms with E-state index < -0.39 is 11.9 Å². The molecule has 0 bridgehead atoms. The van der Waals surface area contributed by atoms with E-state index in [-0.39, 0.29) is 12.3 Å². The molecule has 1 rings (SSSR count). The second-order valence-electron chi connectivity index (χ2n) is 4.63. The van der Waals surface area contributed by atoms with Crippen molar-refractivity contribution in [1.82, 2.24) is 4.98 Å². The average molecular weight is 265 g/mol. The van der Waals surface area contributed by atoms with Gasteiger partial charge in [0, 0.05) is 18.7 Å². The molecule has 1 amide bonds. The van der Waals surface area contributed by atoms with Crippen molar-refractivity contribution in [2.24, 2.45) is 11.7 Å². The van der Waals surface area contributed by atoms with E-state index in [0.29, 0.717) is 24.3 Å². The zero-order chi connectivity index (χ0) is 14.4. The Hall–Kier alpha value is -2.11. The molecular weight excluding hydrogens is 246 g/mol. The zero-order valence-electron chi connectivity index (χ0n) is 11.1. The van der Waals surface area contributed by atoms with Gasteiger partial charge in [0.25, 0.3) is 5.91 Å². The fourth-order valence-corrected chi connectivity index (χ4v) is 1.63. The number of nitrogens with two attached hydrogens (primary N) is 1. The van der Waals surface area contributed by atoms with Crippen molar-refractivity contribution in [3.8, 4) is 0 Å². The highest BCUT2D eigenvalue weighted by Gasteiger charge is 2.11. The number of carbonyl (C=O) groups is 2. The first-order chi connectivity index (χ1) is 8.90. The monoisotopic (exact) mass is 265 g/mol. The number of anilines is 1. The number of nitrogens with one attached hydrogen (secondary N) is 1. The van der Waals surface area contributed by atoms with Crippen LogP contribution in [0.5, 0.6) is 0 Å². The third-order valence-corrected chi connectivity index (χ3v) is 2.77. The molecule has 0 aliphatic carbocycles. The number of hydrogen-bond acceptors (Lipinski definition) is 4. The molecule has 6 heteroatoms. The maximum atomic E-state index is 11.3. The van der Waals surface area contributed by atoms with Gasteiger partial charge in [0.1, 0.15) is 5.82 Å². The normalized spacial score (nSPS) is 11.9. The molecule has 0 aliphatic rings. The van der Waals surface area contributed by atoms with E-state index >= 15 is 0 Å². The van der Waals surface area contributed by atoms with Gasteiger partial charge in [0.2, 0.25) is 0 Å². The lowest BCUT2D eigenvalue weighted by Gasteiger charge is -2.14. The molecule has 19 heavy (non-hydrogen) atoms. The minimum atomic E-state index is -0.807. The fourth-order valence-electron chi connectivity index (χ4n) is 1.63. The van der Waals surface area contributed by atoms with E-state index in [4.69, 9.17) is 10.8 Å². The van der Waals surface area contributed by atoms with Crippen LogP contribution < -0.4 is 11.1 Å². The molecule has 6 nitrogen and oxygen atoms in total. The highest BCUT2D eigenvalue weighted by molar-refractivity contribution is 5.97. The number of carbonyl (C=O) groups excluding carboxylic acids is 1. The Morgan fingerprint density at radius 3 is 2.74 bits per heavy atom. The van der Waals surface area contributed by atoms with Crippen LogP contribution in [0, 0.1) is 12.8 Å². The maximum Gasteiger partial charge on any atom is 0.303 e. The number of aryl methyl sites for hydroxylation is 1. The number of nitrogens with zero attached hydrogens (tertiary/aromatic N) is 1. The lowest BCUT2D eigenvalue weighted by atomic mass is 10.1. The zero-order valence-corrected chi connectivity index (χ0v) is 11.1. The molecule has 0 fully saturated rings. The Morgan fingerprint density at radius 2 is 2.16 bits per heavy atom. The van der Waals surface area contributed by atoms with Crippen LogP contribution in [0.3, 0.4) is 0 Å². The summed E-state index contributed by atoms with van der Waals surface area (Å²) in [5.41, 5.74) is 6.40. The van der Waals surface area contributed by atoms with Crippen LogP contribution in [-0.2, 0) is 4.79 Å². The molecular formula is C13H19N3O3. The third-order valence-electron chi connectivity index (χ3n) is 2.77. The number of aromatic nitrogens is 1. The first kappa shape index (κ1) is 14.9. The van der Waals surface area contributed by atoms with Gasteiger partial charge in [-0.05, 0) is 31.4 Å². The lowest BCUT2D eigenvalue weighted by Crippen LogP contribution is -2.19. The number of carboxylic acid groups (broad SMARTS) is 1. The van der Waals surface area contributed by atoms with Crippen molar-refractivity contribution in [3.63, 3.8) is 0 Å². The van der Waals surface area contributed by atoms with E-state index in [1.54, 1.807) is 12.1 Å². The van der Waals surface area contributed by atoms with Gasteiger partial charge in [-0.25, -0.2) is 4.98 Å². The van der Waals surface area contributed by atoms with Gasteiger partial charge in [0.05, 0.1) is 5.56 Å². The summed E-state index contributed by atoms with van der Waals surface area (Å²) < 4.78 is 0. The Bertz CT molecular complexity index is 474. The summed E-state index contributed by atoms with van der Waals surface area (Å²) in [6.07, 6.45) is 0.701. The summed E-state index contributed by atoms with van der Waals surface area (Å²) in [5, 5.41) is 11.7. The second kappa shape index (κ2) is 6.72. The second-order valence-corrected chi connectivity index (χ2v) is 4.63. The van der Waals surface area contributed by atoms with Crippen molar-refractivity contribution in [1.29, 1.82) is 0 Å². The number of amides is 1. The molecule has 0 saturated heterocycles. The SMILES string of the molecule is Cc1ccc(C(N)=O)c(NCC(C)CCC(=O)O)n1. The van der Waals surface area contributed by atoms with Crippen LogP contribution in [0.4, 0.5) is 5.82 Å². The Kier molecular flexibility index (Phi) is 5.29. The fraction of sp³-hybridized carbons (Fsp3) is 0.462. The van der Waals surface area contributed by atoms with Crippen LogP contribution in [0.25, 0.3) is 0 Å².